The highest BCUT2D eigenvalue weighted by atomic mass is 32.1. The minimum atomic E-state index is 0.0255. The zero-order chi connectivity index (χ0) is 12.5. The van der Waals surface area contributed by atoms with Crippen LogP contribution in [-0.4, -0.2) is 36.6 Å². The number of hydrogen-bond acceptors (Lipinski definition) is 4. The van der Waals surface area contributed by atoms with Crippen molar-refractivity contribution in [2.75, 3.05) is 26.2 Å². The highest BCUT2D eigenvalue weighted by Gasteiger charge is 2.35. The number of thiophene rings is 1. The lowest BCUT2D eigenvalue weighted by Gasteiger charge is -2.44. The zero-order valence-corrected chi connectivity index (χ0v) is 11.8. The maximum absolute atomic E-state index is 6.50. The maximum Gasteiger partial charge on any atom is 0.0574 e. The predicted octanol–water partition coefficient (Wildman–Crippen LogP) is 1.74. The Balaban J connectivity index is 2.16. The van der Waals surface area contributed by atoms with Gasteiger partial charge in [-0.3, -0.25) is 4.90 Å². The molecule has 17 heavy (non-hydrogen) atoms. The molecule has 1 saturated heterocycles. The Morgan fingerprint density at radius 1 is 1.41 bits per heavy atom. The van der Waals surface area contributed by atoms with Crippen molar-refractivity contribution in [2.45, 2.75) is 32.4 Å². The van der Waals surface area contributed by atoms with Crippen molar-refractivity contribution in [3.63, 3.8) is 0 Å². The largest absolute Gasteiger partial charge is 0.322 e. The van der Waals surface area contributed by atoms with Gasteiger partial charge in [0.15, 0.2) is 0 Å². The first-order chi connectivity index (χ1) is 8.03. The first kappa shape index (κ1) is 13.0. The maximum atomic E-state index is 6.50. The summed E-state index contributed by atoms with van der Waals surface area (Å²) < 4.78 is 0. The Morgan fingerprint density at radius 3 is 2.59 bits per heavy atom. The topological polar surface area (TPSA) is 41.3 Å². The third kappa shape index (κ3) is 2.55. The van der Waals surface area contributed by atoms with Crippen LogP contribution in [-0.2, 0) is 0 Å². The van der Waals surface area contributed by atoms with Crippen LogP contribution >= 0.6 is 11.3 Å². The average molecular weight is 253 g/mol. The molecular formula is C13H23N3S. The standard InChI is InChI=1S/C13H23N3S/c1-10-4-9-17-11(10)12(14)13(2,3)16-7-5-15-6-8-16/h4,9,12,15H,5-8,14H2,1-3H3. The molecule has 0 bridgehead atoms. The summed E-state index contributed by atoms with van der Waals surface area (Å²) in [5.41, 5.74) is 7.85. The monoisotopic (exact) mass is 253 g/mol. The first-order valence-electron chi connectivity index (χ1n) is 6.29. The van der Waals surface area contributed by atoms with E-state index in [1.165, 1.54) is 10.4 Å². The molecule has 1 unspecified atom stereocenters. The van der Waals surface area contributed by atoms with Crippen LogP contribution in [0.25, 0.3) is 0 Å². The second kappa shape index (κ2) is 5.06. The first-order valence-corrected chi connectivity index (χ1v) is 7.17. The van der Waals surface area contributed by atoms with Crippen LogP contribution in [0.2, 0.25) is 0 Å². The molecule has 2 rings (SSSR count). The van der Waals surface area contributed by atoms with Crippen LogP contribution in [0.4, 0.5) is 0 Å². The lowest BCUT2D eigenvalue weighted by atomic mass is 9.90. The molecule has 1 aromatic heterocycles. The van der Waals surface area contributed by atoms with Gasteiger partial charge in [0.1, 0.15) is 0 Å². The van der Waals surface area contributed by atoms with E-state index in [1.807, 2.05) is 0 Å². The molecule has 0 aliphatic carbocycles. The van der Waals surface area contributed by atoms with Crippen molar-refractivity contribution in [3.8, 4) is 0 Å². The molecule has 2 heterocycles. The third-order valence-corrected chi connectivity index (χ3v) is 4.98. The molecule has 1 aliphatic rings. The minimum absolute atomic E-state index is 0.0255. The summed E-state index contributed by atoms with van der Waals surface area (Å²) in [5.74, 6) is 0. The van der Waals surface area contributed by atoms with Crippen molar-refractivity contribution in [2.24, 2.45) is 5.73 Å². The van der Waals surface area contributed by atoms with Crippen LogP contribution in [0.3, 0.4) is 0 Å². The summed E-state index contributed by atoms with van der Waals surface area (Å²) in [4.78, 5) is 3.83. The Bertz CT molecular complexity index is 366. The minimum Gasteiger partial charge on any atom is -0.322 e. The van der Waals surface area contributed by atoms with E-state index in [0.717, 1.165) is 26.2 Å². The lowest BCUT2D eigenvalue weighted by Crippen LogP contribution is -2.57. The fourth-order valence-electron chi connectivity index (χ4n) is 2.46. The molecule has 4 heteroatoms. The normalized spacial score (nSPS) is 20.5. The van der Waals surface area contributed by atoms with Gasteiger partial charge in [-0.25, -0.2) is 0 Å². The van der Waals surface area contributed by atoms with Gasteiger partial charge < -0.3 is 11.1 Å². The zero-order valence-electron chi connectivity index (χ0n) is 11.0. The number of nitrogens with one attached hydrogen (secondary N) is 1. The summed E-state index contributed by atoms with van der Waals surface area (Å²) in [6.07, 6.45) is 0. The van der Waals surface area contributed by atoms with Gasteiger partial charge in [0.05, 0.1) is 6.04 Å². The second-order valence-electron chi connectivity index (χ2n) is 5.34. The van der Waals surface area contributed by atoms with Crippen LogP contribution in [0.15, 0.2) is 11.4 Å². The van der Waals surface area contributed by atoms with Gasteiger partial charge in [-0.05, 0) is 37.8 Å². The average Bonchev–Trinajstić information content (AvgIpc) is 2.75. The Morgan fingerprint density at radius 2 is 2.06 bits per heavy atom. The third-order valence-electron chi connectivity index (χ3n) is 3.88. The number of nitrogens with two attached hydrogens (primary N) is 1. The molecule has 1 aromatic rings. The summed E-state index contributed by atoms with van der Waals surface area (Å²) in [7, 11) is 0. The van der Waals surface area contributed by atoms with Crippen molar-refractivity contribution < 1.29 is 0 Å². The number of piperazine rings is 1. The molecule has 3 N–H and O–H groups in total. The number of nitrogens with zero attached hydrogens (tertiary/aromatic N) is 1. The summed E-state index contributed by atoms with van der Waals surface area (Å²) in [5, 5.41) is 5.53. The van der Waals surface area contributed by atoms with Gasteiger partial charge in [-0.2, -0.15) is 0 Å². The van der Waals surface area contributed by atoms with E-state index >= 15 is 0 Å². The molecule has 3 nitrogen and oxygen atoms in total. The van der Waals surface area contributed by atoms with Gasteiger partial charge >= 0.3 is 0 Å². The van der Waals surface area contributed by atoms with Crippen molar-refractivity contribution in [1.82, 2.24) is 10.2 Å². The Kier molecular flexibility index (Phi) is 3.88. The Labute approximate surface area is 108 Å². The van der Waals surface area contributed by atoms with E-state index in [0.29, 0.717) is 0 Å². The molecule has 0 spiro atoms. The lowest BCUT2D eigenvalue weighted by molar-refractivity contribution is 0.0809. The second-order valence-corrected chi connectivity index (χ2v) is 6.28. The summed E-state index contributed by atoms with van der Waals surface area (Å²) in [6, 6.07) is 2.26. The fourth-order valence-corrected chi connectivity index (χ4v) is 3.57. The van der Waals surface area contributed by atoms with Crippen LogP contribution in [0.5, 0.6) is 0 Å². The van der Waals surface area contributed by atoms with Gasteiger partial charge in [0.25, 0.3) is 0 Å². The van der Waals surface area contributed by atoms with E-state index in [2.05, 4.69) is 42.4 Å². The molecule has 1 aliphatic heterocycles. The molecule has 0 aromatic carbocycles. The van der Waals surface area contributed by atoms with E-state index in [1.54, 1.807) is 11.3 Å². The van der Waals surface area contributed by atoms with Crippen molar-refractivity contribution in [3.05, 3.63) is 21.9 Å². The van der Waals surface area contributed by atoms with Crippen LogP contribution in [0.1, 0.15) is 30.3 Å². The van der Waals surface area contributed by atoms with E-state index in [-0.39, 0.29) is 11.6 Å². The van der Waals surface area contributed by atoms with Crippen LogP contribution < -0.4 is 11.1 Å². The van der Waals surface area contributed by atoms with Crippen molar-refractivity contribution in [1.29, 1.82) is 0 Å². The molecule has 0 amide bonds. The SMILES string of the molecule is Cc1ccsc1C(N)C(C)(C)N1CCNCC1. The predicted molar refractivity (Wildman–Crippen MR) is 74.5 cm³/mol. The van der Waals surface area contributed by atoms with Gasteiger partial charge in [0.2, 0.25) is 0 Å². The number of hydrogen-bond donors (Lipinski definition) is 2. The Hall–Kier alpha value is -0.420. The summed E-state index contributed by atoms with van der Waals surface area (Å²) in [6.45, 7) is 11.0. The fraction of sp³-hybridized carbons (Fsp3) is 0.692. The highest BCUT2D eigenvalue weighted by molar-refractivity contribution is 7.10. The smallest absolute Gasteiger partial charge is 0.0574 e. The number of aryl methyl sites for hydroxylation is 1. The molecular weight excluding hydrogens is 230 g/mol. The van der Waals surface area contributed by atoms with Crippen molar-refractivity contribution >= 4 is 11.3 Å². The quantitative estimate of drug-likeness (QED) is 0.862. The van der Waals surface area contributed by atoms with E-state index in [9.17, 15) is 0 Å². The van der Waals surface area contributed by atoms with Crippen LogP contribution in [0, 0.1) is 6.92 Å². The summed E-state index contributed by atoms with van der Waals surface area (Å²) >= 11 is 1.78. The van der Waals surface area contributed by atoms with E-state index < -0.39 is 0 Å². The van der Waals surface area contributed by atoms with E-state index in [4.69, 9.17) is 5.73 Å². The highest BCUT2D eigenvalue weighted by Crippen LogP contribution is 2.33. The van der Waals surface area contributed by atoms with Gasteiger partial charge in [-0.15, -0.1) is 11.3 Å². The van der Waals surface area contributed by atoms with Gasteiger partial charge in [-0.1, -0.05) is 0 Å². The number of rotatable bonds is 3. The van der Waals surface area contributed by atoms with Gasteiger partial charge in [0, 0.05) is 36.6 Å². The molecule has 96 valence electrons. The molecule has 1 atom stereocenters. The molecule has 1 fully saturated rings. The molecule has 0 saturated carbocycles. The molecule has 0 radical (unpaired) electrons.